The first-order valence-corrected chi connectivity index (χ1v) is 13.1. The molecule has 0 bridgehead atoms. The van der Waals surface area contributed by atoms with Crippen molar-refractivity contribution in [2.24, 2.45) is 29.4 Å². The van der Waals surface area contributed by atoms with Gasteiger partial charge in [0.15, 0.2) is 34.7 Å². The number of aliphatic hydroxyl groups is 1. The SMILES string of the molecule is CN(C)c1cc(NC(=O)CBr)c(O)c2c1CC1CC3[C@H](N(C)C)C(=O)C(C(N)=O)C(=O)C3(O)C(=O)C1C2=O. The van der Waals surface area contributed by atoms with Gasteiger partial charge in [-0.25, -0.2) is 0 Å². The molecule has 0 saturated heterocycles. The molecule has 0 aromatic heterocycles. The zero-order chi connectivity index (χ0) is 28.4. The second-order valence-electron chi connectivity index (χ2n) is 10.5. The lowest BCUT2D eigenvalue weighted by Crippen LogP contribution is -2.74. The van der Waals surface area contributed by atoms with Gasteiger partial charge in [-0.3, -0.25) is 33.7 Å². The Kier molecular flexibility index (Phi) is 7.00. The summed E-state index contributed by atoms with van der Waals surface area (Å²) in [5.41, 5.74) is 3.28. The number of primary amides is 1. The van der Waals surface area contributed by atoms with Gasteiger partial charge in [-0.1, -0.05) is 15.9 Å². The number of rotatable bonds is 5. The Morgan fingerprint density at radius 1 is 1.16 bits per heavy atom. The van der Waals surface area contributed by atoms with Gasteiger partial charge in [-0.2, -0.15) is 0 Å². The number of hydrogen-bond donors (Lipinski definition) is 4. The maximum Gasteiger partial charge on any atom is 0.235 e. The number of aromatic hydroxyl groups is 1. The highest BCUT2D eigenvalue weighted by atomic mass is 79.9. The highest BCUT2D eigenvalue weighted by Crippen LogP contribution is 2.52. The number of phenolic OH excluding ortho intramolecular Hbond substituents is 1. The van der Waals surface area contributed by atoms with Crippen LogP contribution in [0.4, 0.5) is 11.4 Å². The summed E-state index contributed by atoms with van der Waals surface area (Å²) in [6.45, 7) is 0. The third-order valence-electron chi connectivity index (χ3n) is 7.92. The molecule has 12 nitrogen and oxygen atoms in total. The lowest BCUT2D eigenvalue weighted by atomic mass is 9.52. The van der Waals surface area contributed by atoms with Gasteiger partial charge in [-0.15, -0.1) is 0 Å². The van der Waals surface area contributed by atoms with Crippen molar-refractivity contribution >= 4 is 62.3 Å². The second-order valence-corrected chi connectivity index (χ2v) is 11.1. The van der Waals surface area contributed by atoms with Gasteiger partial charge < -0.3 is 26.2 Å². The van der Waals surface area contributed by atoms with Crippen LogP contribution in [-0.4, -0.2) is 95.2 Å². The van der Waals surface area contributed by atoms with Crippen LogP contribution in [0.15, 0.2) is 6.07 Å². The summed E-state index contributed by atoms with van der Waals surface area (Å²) >= 11 is 3.03. The molecule has 2 saturated carbocycles. The Hall–Kier alpha value is -3.16. The van der Waals surface area contributed by atoms with E-state index in [0.717, 1.165) is 0 Å². The fourth-order valence-electron chi connectivity index (χ4n) is 6.33. The lowest BCUT2D eigenvalue weighted by Gasteiger charge is -2.52. The van der Waals surface area contributed by atoms with Crippen molar-refractivity contribution in [1.29, 1.82) is 0 Å². The Morgan fingerprint density at radius 2 is 1.79 bits per heavy atom. The molecule has 204 valence electrons. The minimum Gasteiger partial charge on any atom is -0.505 e. The molecular weight excluding hydrogens is 564 g/mol. The molecule has 1 aromatic rings. The minimum atomic E-state index is -2.79. The number of anilines is 2. The maximum atomic E-state index is 13.9. The van der Waals surface area contributed by atoms with E-state index in [9.17, 15) is 39.0 Å². The molecule has 0 aliphatic heterocycles. The zero-order valence-electron chi connectivity index (χ0n) is 21.3. The van der Waals surface area contributed by atoms with E-state index < -0.39 is 76.0 Å². The number of nitrogens with two attached hydrogens (primary N) is 1. The highest BCUT2D eigenvalue weighted by molar-refractivity contribution is 9.09. The van der Waals surface area contributed by atoms with Crippen molar-refractivity contribution < 1.29 is 39.0 Å². The van der Waals surface area contributed by atoms with E-state index in [-0.39, 0.29) is 29.4 Å². The van der Waals surface area contributed by atoms with Gasteiger partial charge >= 0.3 is 0 Å². The molecule has 4 rings (SSSR count). The quantitative estimate of drug-likeness (QED) is 0.193. The topological polar surface area (TPSA) is 187 Å². The predicted molar refractivity (Wildman–Crippen MR) is 138 cm³/mol. The Labute approximate surface area is 226 Å². The van der Waals surface area contributed by atoms with E-state index in [1.54, 1.807) is 19.0 Å². The number of nitrogens with one attached hydrogen (secondary N) is 1. The van der Waals surface area contributed by atoms with Gasteiger partial charge in [-0.05, 0) is 44.5 Å². The summed E-state index contributed by atoms with van der Waals surface area (Å²) in [4.78, 5) is 81.5. The fourth-order valence-corrected chi connectivity index (χ4v) is 6.47. The number of phenols is 1. The predicted octanol–water partition coefficient (Wildman–Crippen LogP) is -0.734. The molecule has 3 aliphatic carbocycles. The summed E-state index contributed by atoms with van der Waals surface area (Å²) in [7, 11) is 6.49. The standard InChI is InChI=1S/C25H29BrN4O8/c1-29(2)13-7-12(28-14(31)8-26)19(32)16-10(13)5-9-6-11-18(30(3)4)21(34)17(24(27)37)23(36)25(11,38)22(35)15(9)20(16)33/h7,9,11,15,17-18,32,38H,5-6,8H2,1-4H3,(H2,27,37)(H,28,31)/t9?,11?,15?,17?,18-,25?/m0/s1. The number of halogens is 1. The molecule has 1 aromatic carbocycles. The smallest absolute Gasteiger partial charge is 0.235 e. The first-order chi connectivity index (χ1) is 17.7. The molecule has 2 amide bonds. The van der Waals surface area contributed by atoms with Gasteiger partial charge in [0.05, 0.1) is 28.5 Å². The molecule has 3 aliphatic rings. The van der Waals surface area contributed by atoms with Crippen LogP contribution in [0, 0.1) is 23.7 Å². The van der Waals surface area contributed by atoms with Gasteiger partial charge in [0, 0.05) is 25.7 Å². The largest absolute Gasteiger partial charge is 0.505 e. The maximum absolute atomic E-state index is 13.9. The molecular formula is C25H29BrN4O8. The summed E-state index contributed by atoms with van der Waals surface area (Å²) in [5.74, 6) is -11.8. The van der Waals surface area contributed by atoms with Crippen molar-refractivity contribution in [3.63, 3.8) is 0 Å². The Bertz CT molecular complexity index is 1290. The minimum absolute atomic E-state index is 0.0376. The third-order valence-corrected chi connectivity index (χ3v) is 8.42. The van der Waals surface area contributed by atoms with Crippen molar-refractivity contribution in [1.82, 2.24) is 4.90 Å². The average Bonchev–Trinajstić information content (AvgIpc) is 2.82. The van der Waals surface area contributed by atoms with E-state index in [1.165, 1.54) is 25.1 Å². The van der Waals surface area contributed by atoms with Crippen molar-refractivity contribution in [2.45, 2.75) is 24.5 Å². The average molecular weight is 593 g/mol. The van der Waals surface area contributed by atoms with Crippen LogP contribution in [0.5, 0.6) is 5.75 Å². The number of alkyl halides is 1. The van der Waals surface area contributed by atoms with E-state index in [2.05, 4.69) is 21.2 Å². The van der Waals surface area contributed by atoms with Crippen LogP contribution in [0.2, 0.25) is 0 Å². The van der Waals surface area contributed by atoms with E-state index in [4.69, 9.17) is 5.73 Å². The van der Waals surface area contributed by atoms with Crippen LogP contribution in [-0.2, 0) is 30.4 Å². The number of likely N-dealkylation sites (N-methyl/N-ethyl adjacent to an activating group) is 1. The summed E-state index contributed by atoms with van der Waals surface area (Å²) < 4.78 is 0. The molecule has 5 N–H and O–H groups in total. The first kappa shape index (κ1) is 27.9. The van der Waals surface area contributed by atoms with Gasteiger partial charge in [0.1, 0.15) is 5.75 Å². The van der Waals surface area contributed by atoms with Crippen molar-refractivity contribution in [3.05, 3.63) is 17.2 Å². The molecule has 0 radical (unpaired) electrons. The first-order valence-electron chi connectivity index (χ1n) is 11.9. The Morgan fingerprint density at radius 3 is 2.32 bits per heavy atom. The number of carbonyl (C=O) groups excluding carboxylic acids is 6. The normalized spacial score (nSPS) is 30.4. The van der Waals surface area contributed by atoms with Crippen molar-refractivity contribution in [2.75, 3.05) is 43.7 Å². The molecule has 13 heteroatoms. The number of fused-ring (bicyclic) bond motifs is 3. The number of amides is 2. The third kappa shape index (κ3) is 3.86. The molecule has 6 atom stereocenters. The van der Waals surface area contributed by atoms with E-state index in [0.29, 0.717) is 11.3 Å². The monoisotopic (exact) mass is 592 g/mol. The summed E-state index contributed by atoms with van der Waals surface area (Å²) in [6, 6.07) is 0.358. The second kappa shape index (κ2) is 9.54. The van der Waals surface area contributed by atoms with Crippen LogP contribution in [0.25, 0.3) is 0 Å². The molecule has 2 fully saturated rings. The number of carbonyl (C=O) groups is 6. The molecule has 0 spiro atoms. The fraction of sp³-hybridized carbons (Fsp3) is 0.520. The molecule has 0 heterocycles. The van der Waals surface area contributed by atoms with E-state index in [1.807, 2.05) is 0 Å². The lowest BCUT2D eigenvalue weighted by molar-refractivity contribution is -0.181. The van der Waals surface area contributed by atoms with Crippen LogP contribution >= 0.6 is 15.9 Å². The van der Waals surface area contributed by atoms with Crippen LogP contribution in [0.1, 0.15) is 22.3 Å². The summed E-state index contributed by atoms with van der Waals surface area (Å²) in [6.07, 6.45) is 0.0825. The van der Waals surface area contributed by atoms with E-state index >= 15 is 0 Å². The zero-order valence-corrected chi connectivity index (χ0v) is 22.9. The number of hydrogen-bond acceptors (Lipinski definition) is 10. The molecule has 5 unspecified atom stereocenters. The number of ketones is 4. The molecule has 38 heavy (non-hydrogen) atoms. The number of benzene rings is 1. The number of nitrogens with zero attached hydrogens (tertiary/aromatic N) is 2. The van der Waals surface area contributed by atoms with Crippen LogP contribution in [0.3, 0.4) is 0 Å². The Balaban J connectivity index is 1.89. The van der Waals surface area contributed by atoms with Crippen LogP contribution < -0.4 is 16.0 Å². The van der Waals surface area contributed by atoms with Gasteiger partial charge in [0.25, 0.3) is 0 Å². The highest BCUT2D eigenvalue weighted by Gasteiger charge is 2.69. The number of Topliss-reactive ketones (excluding diaryl/α,β-unsaturated/α-hetero) is 4. The summed E-state index contributed by atoms with van der Waals surface area (Å²) in [5, 5.41) is 25.1. The van der Waals surface area contributed by atoms with Gasteiger partial charge in [0.2, 0.25) is 11.8 Å². The van der Waals surface area contributed by atoms with Crippen molar-refractivity contribution in [3.8, 4) is 5.75 Å².